The van der Waals surface area contributed by atoms with Gasteiger partial charge in [-0.05, 0) is 43.9 Å². The lowest BCUT2D eigenvalue weighted by atomic mass is 10.0. The fourth-order valence-corrected chi connectivity index (χ4v) is 4.98. The fourth-order valence-electron chi connectivity index (χ4n) is 3.34. The highest BCUT2D eigenvalue weighted by atomic mass is 32.2. The summed E-state index contributed by atoms with van der Waals surface area (Å²) in [5, 5.41) is 10.3. The molecule has 12 heteroatoms. The number of aliphatic carboxylic acids is 1. The van der Waals surface area contributed by atoms with Crippen molar-refractivity contribution in [2.75, 3.05) is 32.7 Å². The number of amides is 1. The fraction of sp³-hybridized carbons (Fsp3) is 0.636. The standard InChI is InChI=1S/C20H33N3O3S.C2HF3O2/c1-16(2)15-18-5-7-19(8-6-18)27(25,26)23(17(3)4)12-9-20(24)22-13-10-21-11-14-22;3-2(4,5)1(6)7/h5-8,16-17,21H,9-15H2,1-4H3;(H,6,7). The number of nitrogens with zero attached hydrogens (tertiary/aromatic N) is 2. The topological polar surface area (TPSA) is 107 Å². The molecule has 0 aromatic heterocycles. The molecule has 2 N–H and O–H groups in total. The number of benzene rings is 1. The Morgan fingerprint density at radius 2 is 1.59 bits per heavy atom. The number of sulfonamides is 1. The molecule has 1 amide bonds. The van der Waals surface area contributed by atoms with Crippen LogP contribution in [0.15, 0.2) is 29.2 Å². The molecule has 34 heavy (non-hydrogen) atoms. The average Bonchev–Trinajstić information content (AvgIpc) is 2.73. The molecule has 1 aliphatic heterocycles. The van der Waals surface area contributed by atoms with Gasteiger partial charge in [-0.3, -0.25) is 4.79 Å². The van der Waals surface area contributed by atoms with E-state index in [9.17, 15) is 26.4 Å². The van der Waals surface area contributed by atoms with Gasteiger partial charge in [-0.2, -0.15) is 17.5 Å². The van der Waals surface area contributed by atoms with E-state index >= 15 is 0 Å². The second-order valence-corrected chi connectivity index (χ2v) is 10.5. The van der Waals surface area contributed by atoms with Crippen LogP contribution in [-0.4, -0.2) is 79.5 Å². The largest absolute Gasteiger partial charge is 0.490 e. The van der Waals surface area contributed by atoms with Crippen LogP contribution < -0.4 is 5.32 Å². The molecule has 1 aromatic rings. The molecular formula is C22H34F3N3O5S. The van der Waals surface area contributed by atoms with Crippen molar-refractivity contribution in [1.82, 2.24) is 14.5 Å². The van der Waals surface area contributed by atoms with Crippen LogP contribution in [0.3, 0.4) is 0 Å². The monoisotopic (exact) mass is 509 g/mol. The number of alkyl halides is 3. The Kier molecular flexibility index (Phi) is 11.5. The van der Waals surface area contributed by atoms with Crippen LogP contribution in [0.2, 0.25) is 0 Å². The smallest absolute Gasteiger partial charge is 0.475 e. The van der Waals surface area contributed by atoms with E-state index in [0.29, 0.717) is 23.9 Å². The van der Waals surface area contributed by atoms with Crippen molar-refractivity contribution in [3.63, 3.8) is 0 Å². The van der Waals surface area contributed by atoms with E-state index in [-0.39, 0.29) is 24.9 Å². The minimum Gasteiger partial charge on any atom is -0.475 e. The van der Waals surface area contributed by atoms with Crippen molar-refractivity contribution in [3.05, 3.63) is 29.8 Å². The van der Waals surface area contributed by atoms with Gasteiger partial charge in [-0.1, -0.05) is 26.0 Å². The molecule has 1 saturated heterocycles. The molecule has 1 heterocycles. The van der Waals surface area contributed by atoms with Crippen LogP contribution in [-0.2, 0) is 26.0 Å². The summed E-state index contributed by atoms with van der Waals surface area (Å²) in [5.41, 5.74) is 1.13. The predicted octanol–water partition coefficient (Wildman–Crippen LogP) is 2.74. The minimum absolute atomic E-state index is 0.0182. The van der Waals surface area contributed by atoms with Gasteiger partial charge in [0.2, 0.25) is 15.9 Å². The van der Waals surface area contributed by atoms with Crippen molar-refractivity contribution in [3.8, 4) is 0 Å². The van der Waals surface area contributed by atoms with Crippen LogP contribution in [0.5, 0.6) is 0 Å². The first-order valence-electron chi connectivity index (χ1n) is 11.1. The van der Waals surface area contributed by atoms with Crippen molar-refractivity contribution >= 4 is 21.9 Å². The number of halogens is 3. The van der Waals surface area contributed by atoms with Gasteiger partial charge >= 0.3 is 12.1 Å². The molecule has 1 aromatic carbocycles. The molecule has 2 rings (SSSR count). The number of piperazine rings is 1. The second kappa shape index (κ2) is 13.1. The van der Waals surface area contributed by atoms with E-state index in [1.165, 1.54) is 4.31 Å². The van der Waals surface area contributed by atoms with E-state index in [0.717, 1.165) is 25.1 Å². The van der Waals surface area contributed by atoms with Gasteiger partial charge in [0, 0.05) is 45.2 Å². The Labute approximate surface area is 199 Å². The molecular weight excluding hydrogens is 475 g/mol. The molecule has 0 atom stereocenters. The molecule has 0 saturated carbocycles. The summed E-state index contributed by atoms with van der Waals surface area (Å²) in [6.07, 6.45) is -3.95. The molecule has 8 nitrogen and oxygen atoms in total. The van der Waals surface area contributed by atoms with Crippen LogP contribution in [0, 0.1) is 5.92 Å². The average molecular weight is 510 g/mol. The Balaban J connectivity index is 0.000000718. The summed E-state index contributed by atoms with van der Waals surface area (Å²) in [7, 11) is -3.62. The molecule has 0 unspecified atom stereocenters. The number of carbonyl (C=O) groups excluding carboxylic acids is 1. The number of hydrogen-bond acceptors (Lipinski definition) is 5. The lowest BCUT2D eigenvalue weighted by Gasteiger charge is -2.30. The zero-order valence-electron chi connectivity index (χ0n) is 19.9. The van der Waals surface area contributed by atoms with Gasteiger partial charge in [-0.25, -0.2) is 13.2 Å². The van der Waals surface area contributed by atoms with Crippen molar-refractivity contribution < 1.29 is 36.3 Å². The Morgan fingerprint density at radius 3 is 2.00 bits per heavy atom. The maximum Gasteiger partial charge on any atom is 0.490 e. The van der Waals surface area contributed by atoms with Gasteiger partial charge in [0.05, 0.1) is 4.90 Å². The van der Waals surface area contributed by atoms with Crippen LogP contribution >= 0.6 is 0 Å². The zero-order valence-corrected chi connectivity index (χ0v) is 20.7. The summed E-state index contributed by atoms with van der Waals surface area (Å²) in [5.74, 6) is -2.22. The van der Waals surface area contributed by atoms with Crippen molar-refractivity contribution in [2.45, 2.75) is 57.7 Å². The van der Waals surface area contributed by atoms with Crippen molar-refractivity contribution in [1.29, 1.82) is 0 Å². The molecule has 194 valence electrons. The predicted molar refractivity (Wildman–Crippen MR) is 122 cm³/mol. The first-order chi connectivity index (χ1) is 15.7. The Bertz CT molecular complexity index is 897. The normalized spacial score (nSPS) is 14.8. The van der Waals surface area contributed by atoms with Gasteiger partial charge in [-0.15, -0.1) is 0 Å². The third kappa shape index (κ3) is 9.59. The maximum atomic E-state index is 13.1. The van der Waals surface area contributed by atoms with Gasteiger partial charge in [0.15, 0.2) is 0 Å². The van der Waals surface area contributed by atoms with E-state index < -0.39 is 22.2 Å². The van der Waals surface area contributed by atoms with E-state index in [2.05, 4.69) is 19.2 Å². The molecule has 1 fully saturated rings. The summed E-state index contributed by atoms with van der Waals surface area (Å²) >= 11 is 0. The third-order valence-corrected chi connectivity index (χ3v) is 7.10. The van der Waals surface area contributed by atoms with Crippen LogP contribution in [0.1, 0.15) is 39.7 Å². The van der Waals surface area contributed by atoms with E-state index in [4.69, 9.17) is 9.90 Å². The van der Waals surface area contributed by atoms with Crippen molar-refractivity contribution in [2.24, 2.45) is 5.92 Å². The summed E-state index contributed by atoms with van der Waals surface area (Å²) in [6.45, 7) is 11.1. The first-order valence-corrected chi connectivity index (χ1v) is 12.5. The van der Waals surface area contributed by atoms with Crippen LogP contribution in [0.4, 0.5) is 13.2 Å². The Hall–Kier alpha value is -2.18. The number of hydrogen-bond donors (Lipinski definition) is 2. The molecule has 0 bridgehead atoms. The minimum atomic E-state index is -5.08. The van der Waals surface area contributed by atoms with Gasteiger partial charge in [0.1, 0.15) is 0 Å². The Morgan fingerprint density at radius 1 is 1.09 bits per heavy atom. The van der Waals surface area contributed by atoms with E-state index in [1.807, 2.05) is 30.9 Å². The summed E-state index contributed by atoms with van der Waals surface area (Å²) < 4.78 is 59.3. The number of nitrogens with one attached hydrogen (secondary N) is 1. The number of carbonyl (C=O) groups is 2. The van der Waals surface area contributed by atoms with E-state index in [1.54, 1.807) is 12.1 Å². The SMILES string of the molecule is CC(C)Cc1ccc(S(=O)(=O)N(CCC(=O)N2CCNCC2)C(C)C)cc1.O=C(O)C(F)(F)F. The first kappa shape index (κ1) is 29.9. The zero-order chi connectivity index (χ0) is 26.1. The molecule has 0 aliphatic carbocycles. The molecule has 1 aliphatic rings. The van der Waals surface area contributed by atoms with Crippen LogP contribution in [0.25, 0.3) is 0 Å². The second-order valence-electron chi connectivity index (χ2n) is 8.64. The van der Waals surface area contributed by atoms with Gasteiger partial charge < -0.3 is 15.3 Å². The quantitative estimate of drug-likeness (QED) is 0.558. The molecule has 0 spiro atoms. The summed E-state index contributed by atoms with van der Waals surface area (Å²) in [4.78, 5) is 23.4. The van der Waals surface area contributed by atoms with Gasteiger partial charge in [0.25, 0.3) is 0 Å². The lowest BCUT2D eigenvalue weighted by molar-refractivity contribution is -0.192. The lowest BCUT2D eigenvalue weighted by Crippen LogP contribution is -2.47. The maximum absolute atomic E-state index is 13.1. The summed E-state index contributed by atoms with van der Waals surface area (Å²) in [6, 6.07) is 6.93. The number of carboxylic acids is 1. The molecule has 0 radical (unpaired) electrons. The number of rotatable bonds is 8. The number of carboxylic acid groups (broad SMARTS) is 1. The third-order valence-electron chi connectivity index (χ3n) is 5.01. The highest BCUT2D eigenvalue weighted by Crippen LogP contribution is 2.20. The highest BCUT2D eigenvalue weighted by molar-refractivity contribution is 7.89. The highest BCUT2D eigenvalue weighted by Gasteiger charge is 2.38.